The van der Waals surface area contributed by atoms with Crippen LogP contribution in [0.3, 0.4) is 0 Å². The Morgan fingerprint density at radius 1 is 0.895 bits per heavy atom. The minimum absolute atomic E-state index is 0.657. The van der Waals surface area contributed by atoms with Gasteiger partial charge in [0, 0.05) is 0 Å². The molecule has 0 spiro atoms. The zero-order chi connectivity index (χ0) is 13.9. The summed E-state index contributed by atoms with van der Waals surface area (Å²) < 4.78 is 0. The predicted molar refractivity (Wildman–Crippen MR) is 84.3 cm³/mol. The molecule has 0 bridgehead atoms. The summed E-state index contributed by atoms with van der Waals surface area (Å²) in [4.78, 5) is 0. The van der Waals surface area contributed by atoms with Gasteiger partial charge in [0.2, 0.25) is 0 Å². The van der Waals surface area contributed by atoms with Crippen molar-refractivity contribution in [3.05, 3.63) is 66.2 Å². The number of rotatable bonds is 4. The second-order valence-corrected chi connectivity index (χ2v) is 10.8. The van der Waals surface area contributed by atoms with Crippen molar-refractivity contribution in [2.24, 2.45) is 0 Å². The van der Waals surface area contributed by atoms with E-state index in [1.165, 1.54) is 10.8 Å². The van der Waals surface area contributed by atoms with Gasteiger partial charge in [0.1, 0.15) is 8.07 Å². The topological polar surface area (TPSA) is 20.2 Å². The normalized spacial score (nSPS) is 14.9. The summed E-state index contributed by atoms with van der Waals surface area (Å²) in [5.74, 6) is 0. The van der Waals surface area contributed by atoms with Gasteiger partial charge >= 0.3 is 0 Å². The highest BCUT2D eigenvalue weighted by molar-refractivity contribution is 6.92. The van der Waals surface area contributed by atoms with Gasteiger partial charge in [-0.3, -0.25) is 0 Å². The Balaban J connectivity index is 2.28. The molecule has 1 unspecified atom stereocenters. The van der Waals surface area contributed by atoms with Crippen molar-refractivity contribution >= 4 is 13.3 Å². The van der Waals surface area contributed by atoms with E-state index in [2.05, 4.69) is 49.5 Å². The first-order valence-corrected chi connectivity index (χ1v) is 9.75. The summed E-state index contributed by atoms with van der Waals surface area (Å²) in [7, 11) is -1.93. The van der Waals surface area contributed by atoms with Crippen molar-refractivity contribution in [3.8, 4) is 0 Å². The summed E-state index contributed by atoms with van der Waals surface area (Å²) in [6, 6.07) is 20.7. The standard InChI is InChI=1S/C17H22OSi/c1-17(18,14-15-10-6-4-7-11-15)19(2,3)16-12-8-5-9-13-16/h4-13,18H,14H2,1-3H3. The molecular weight excluding hydrogens is 248 g/mol. The van der Waals surface area contributed by atoms with Gasteiger partial charge in [-0.1, -0.05) is 78.9 Å². The Morgan fingerprint density at radius 3 is 1.89 bits per heavy atom. The van der Waals surface area contributed by atoms with E-state index < -0.39 is 13.3 Å². The van der Waals surface area contributed by atoms with Gasteiger partial charge in [-0.25, -0.2) is 0 Å². The molecule has 2 rings (SSSR count). The van der Waals surface area contributed by atoms with Gasteiger partial charge in [0.05, 0.1) is 5.22 Å². The highest BCUT2D eigenvalue weighted by Crippen LogP contribution is 2.24. The Bertz CT molecular complexity index is 517. The Kier molecular flexibility index (Phi) is 3.93. The van der Waals surface area contributed by atoms with E-state index in [9.17, 15) is 5.11 Å². The lowest BCUT2D eigenvalue weighted by Crippen LogP contribution is -2.61. The monoisotopic (exact) mass is 270 g/mol. The molecule has 0 heterocycles. The molecule has 19 heavy (non-hydrogen) atoms. The zero-order valence-corrected chi connectivity index (χ0v) is 12.9. The third kappa shape index (κ3) is 2.96. The maximum Gasteiger partial charge on any atom is 0.117 e. The van der Waals surface area contributed by atoms with Crippen molar-refractivity contribution in [2.75, 3.05) is 0 Å². The van der Waals surface area contributed by atoms with Crippen LogP contribution in [-0.2, 0) is 6.42 Å². The van der Waals surface area contributed by atoms with Crippen molar-refractivity contribution in [1.29, 1.82) is 0 Å². The maximum atomic E-state index is 11.0. The molecule has 0 saturated heterocycles. The average molecular weight is 270 g/mol. The second-order valence-electron chi connectivity index (χ2n) is 5.93. The van der Waals surface area contributed by atoms with Gasteiger partial charge < -0.3 is 5.11 Å². The van der Waals surface area contributed by atoms with E-state index >= 15 is 0 Å². The van der Waals surface area contributed by atoms with Gasteiger partial charge in [0.15, 0.2) is 0 Å². The smallest absolute Gasteiger partial charge is 0.117 e. The molecule has 0 radical (unpaired) electrons. The van der Waals surface area contributed by atoms with Crippen LogP contribution >= 0.6 is 0 Å². The minimum atomic E-state index is -1.93. The summed E-state index contributed by atoms with van der Waals surface area (Å²) >= 11 is 0. The second kappa shape index (κ2) is 5.31. The third-order valence-corrected chi connectivity index (χ3v) is 8.88. The van der Waals surface area contributed by atoms with Crippen molar-refractivity contribution in [2.45, 2.75) is 31.7 Å². The van der Waals surface area contributed by atoms with Crippen LogP contribution in [0.25, 0.3) is 0 Å². The lowest BCUT2D eigenvalue weighted by atomic mass is 10.1. The van der Waals surface area contributed by atoms with Crippen LogP contribution in [0.2, 0.25) is 13.1 Å². The molecule has 0 amide bonds. The molecule has 2 aromatic carbocycles. The van der Waals surface area contributed by atoms with E-state index in [1.54, 1.807) is 0 Å². The van der Waals surface area contributed by atoms with Gasteiger partial charge in [-0.2, -0.15) is 0 Å². The van der Waals surface area contributed by atoms with Crippen LogP contribution in [0.1, 0.15) is 12.5 Å². The Morgan fingerprint density at radius 2 is 1.37 bits per heavy atom. The van der Waals surface area contributed by atoms with Gasteiger partial charge in [0.25, 0.3) is 0 Å². The molecule has 1 atom stereocenters. The first kappa shape index (κ1) is 14.0. The van der Waals surface area contributed by atoms with Gasteiger partial charge in [-0.05, 0) is 18.9 Å². The quantitative estimate of drug-likeness (QED) is 0.846. The molecular formula is C17H22OSi. The van der Waals surface area contributed by atoms with E-state index in [0.29, 0.717) is 6.42 Å². The predicted octanol–water partition coefficient (Wildman–Crippen LogP) is 3.13. The van der Waals surface area contributed by atoms with Crippen LogP contribution in [-0.4, -0.2) is 18.4 Å². The van der Waals surface area contributed by atoms with E-state index in [1.807, 2.05) is 31.2 Å². The third-order valence-electron chi connectivity index (χ3n) is 4.23. The fourth-order valence-electron chi connectivity index (χ4n) is 2.38. The number of hydrogen-bond acceptors (Lipinski definition) is 1. The molecule has 0 aliphatic heterocycles. The fraction of sp³-hybridized carbons (Fsp3) is 0.294. The minimum Gasteiger partial charge on any atom is -0.393 e. The molecule has 1 nitrogen and oxygen atoms in total. The number of aliphatic hydroxyl groups is 1. The highest BCUT2D eigenvalue weighted by Gasteiger charge is 2.42. The lowest BCUT2D eigenvalue weighted by Gasteiger charge is -2.39. The number of hydrogen-bond donors (Lipinski definition) is 1. The largest absolute Gasteiger partial charge is 0.393 e. The SMILES string of the molecule is CC(O)(Cc1ccccc1)[Si](C)(C)c1ccccc1. The Labute approximate surface area is 116 Å². The average Bonchev–Trinajstić information content (AvgIpc) is 2.40. The van der Waals surface area contributed by atoms with Crippen LogP contribution in [0.15, 0.2) is 60.7 Å². The summed E-state index contributed by atoms with van der Waals surface area (Å²) in [6.07, 6.45) is 0.710. The fourth-order valence-corrected chi connectivity index (χ4v) is 4.67. The lowest BCUT2D eigenvalue weighted by molar-refractivity contribution is 0.137. The first-order chi connectivity index (χ1) is 8.93. The molecule has 2 heteroatoms. The summed E-state index contributed by atoms with van der Waals surface area (Å²) in [5.41, 5.74) is 1.20. The molecule has 0 aromatic heterocycles. The van der Waals surface area contributed by atoms with Crippen molar-refractivity contribution in [1.82, 2.24) is 0 Å². The first-order valence-electron chi connectivity index (χ1n) is 6.75. The number of benzene rings is 2. The zero-order valence-electron chi connectivity index (χ0n) is 11.9. The summed E-state index contributed by atoms with van der Waals surface area (Å²) in [5, 5.41) is 11.7. The van der Waals surface area contributed by atoms with Crippen LogP contribution in [0.4, 0.5) is 0 Å². The molecule has 1 N–H and O–H groups in total. The maximum absolute atomic E-state index is 11.0. The van der Waals surface area contributed by atoms with Crippen molar-refractivity contribution in [3.63, 3.8) is 0 Å². The van der Waals surface area contributed by atoms with Crippen molar-refractivity contribution < 1.29 is 5.11 Å². The Hall–Kier alpha value is -1.38. The van der Waals surface area contributed by atoms with E-state index in [4.69, 9.17) is 0 Å². The van der Waals surface area contributed by atoms with Crippen LogP contribution in [0.5, 0.6) is 0 Å². The van der Waals surface area contributed by atoms with Gasteiger partial charge in [-0.15, -0.1) is 0 Å². The molecule has 0 fully saturated rings. The molecule has 0 saturated carbocycles. The van der Waals surface area contributed by atoms with Crippen LogP contribution in [0, 0.1) is 0 Å². The molecule has 0 aliphatic rings. The van der Waals surface area contributed by atoms with E-state index in [-0.39, 0.29) is 0 Å². The summed E-state index contributed by atoms with van der Waals surface area (Å²) in [6.45, 7) is 6.47. The van der Waals surface area contributed by atoms with E-state index in [0.717, 1.165) is 0 Å². The molecule has 100 valence electrons. The molecule has 2 aromatic rings. The van der Waals surface area contributed by atoms with Crippen LogP contribution < -0.4 is 5.19 Å². The molecule has 0 aliphatic carbocycles. The highest BCUT2D eigenvalue weighted by atomic mass is 28.3.